The molecular formula is C15H22ClNO. The highest BCUT2D eigenvalue weighted by Gasteiger charge is 2.26. The van der Waals surface area contributed by atoms with Gasteiger partial charge in [-0.3, -0.25) is 0 Å². The van der Waals surface area contributed by atoms with Crippen molar-refractivity contribution in [3.63, 3.8) is 0 Å². The smallest absolute Gasteiger partial charge is 0.0552 e. The maximum Gasteiger partial charge on any atom is 0.0552 e. The molecule has 1 fully saturated rings. The predicted octanol–water partition coefficient (Wildman–Crippen LogP) is 3.15. The van der Waals surface area contributed by atoms with Gasteiger partial charge in [-0.05, 0) is 49.4 Å². The first-order valence-electron chi connectivity index (χ1n) is 6.72. The summed E-state index contributed by atoms with van der Waals surface area (Å²) < 4.78 is 0. The molecular weight excluding hydrogens is 246 g/mol. The van der Waals surface area contributed by atoms with Gasteiger partial charge in [0.25, 0.3) is 0 Å². The second-order valence-electron chi connectivity index (χ2n) is 5.50. The van der Waals surface area contributed by atoms with Crippen LogP contribution in [0.15, 0.2) is 24.3 Å². The molecule has 100 valence electrons. The van der Waals surface area contributed by atoms with E-state index >= 15 is 0 Å². The summed E-state index contributed by atoms with van der Waals surface area (Å²) in [6.45, 7) is 7.29. The topological polar surface area (TPSA) is 23.5 Å². The van der Waals surface area contributed by atoms with Gasteiger partial charge in [0.2, 0.25) is 0 Å². The minimum Gasteiger partial charge on any atom is -0.393 e. The molecule has 3 atom stereocenters. The highest BCUT2D eigenvalue weighted by atomic mass is 35.5. The standard InChI is InChI=1S/C15H22ClNO/c1-11(13-4-3-5-15(16)8-13)9-17-7-6-14(10-17)12(2)18/h3-5,8,11-12,14,18H,6-7,9-10H2,1-2H3/t11-,12-,14-/m1/s1. The molecule has 0 unspecified atom stereocenters. The Bertz CT molecular complexity index is 394. The van der Waals surface area contributed by atoms with E-state index in [0.29, 0.717) is 11.8 Å². The van der Waals surface area contributed by atoms with E-state index in [9.17, 15) is 5.11 Å². The normalized spacial score (nSPS) is 24.1. The Balaban J connectivity index is 1.90. The number of hydrogen-bond acceptors (Lipinski definition) is 2. The van der Waals surface area contributed by atoms with E-state index in [-0.39, 0.29) is 6.10 Å². The Labute approximate surface area is 115 Å². The van der Waals surface area contributed by atoms with Crippen LogP contribution in [0.2, 0.25) is 5.02 Å². The molecule has 0 bridgehead atoms. The van der Waals surface area contributed by atoms with Gasteiger partial charge in [0.05, 0.1) is 6.10 Å². The number of hydrogen-bond donors (Lipinski definition) is 1. The number of nitrogens with zero attached hydrogens (tertiary/aromatic N) is 1. The SMILES string of the molecule is C[C@H](CN1CC[C@@H]([C@@H](C)O)C1)c1cccc(Cl)c1. The van der Waals surface area contributed by atoms with E-state index in [0.717, 1.165) is 31.1 Å². The van der Waals surface area contributed by atoms with Crippen molar-refractivity contribution in [2.75, 3.05) is 19.6 Å². The van der Waals surface area contributed by atoms with Gasteiger partial charge in [-0.15, -0.1) is 0 Å². The molecule has 0 saturated carbocycles. The second kappa shape index (κ2) is 6.05. The van der Waals surface area contributed by atoms with Crippen LogP contribution in [0.5, 0.6) is 0 Å². The van der Waals surface area contributed by atoms with Gasteiger partial charge in [-0.25, -0.2) is 0 Å². The number of rotatable bonds is 4. The van der Waals surface area contributed by atoms with Crippen LogP contribution in [0.1, 0.15) is 31.7 Å². The lowest BCUT2D eigenvalue weighted by molar-refractivity contribution is 0.127. The summed E-state index contributed by atoms with van der Waals surface area (Å²) in [6, 6.07) is 8.11. The number of benzene rings is 1. The van der Waals surface area contributed by atoms with Crippen LogP contribution in [-0.4, -0.2) is 35.7 Å². The predicted molar refractivity (Wildman–Crippen MR) is 76.1 cm³/mol. The third kappa shape index (κ3) is 3.47. The van der Waals surface area contributed by atoms with Crippen LogP contribution in [-0.2, 0) is 0 Å². The van der Waals surface area contributed by atoms with Crippen molar-refractivity contribution < 1.29 is 5.11 Å². The van der Waals surface area contributed by atoms with E-state index < -0.39 is 0 Å². The molecule has 2 nitrogen and oxygen atoms in total. The largest absolute Gasteiger partial charge is 0.393 e. The number of aliphatic hydroxyl groups excluding tert-OH is 1. The van der Waals surface area contributed by atoms with Crippen molar-refractivity contribution in [3.05, 3.63) is 34.9 Å². The Morgan fingerprint density at radius 2 is 2.22 bits per heavy atom. The Morgan fingerprint density at radius 1 is 1.44 bits per heavy atom. The van der Waals surface area contributed by atoms with Crippen molar-refractivity contribution in [2.45, 2.75) is 32.3 Å². The van der Waals surface area contributed by atoms with Gasteiger partial charge in [-0.1, -0.05) is 30.7 Å². The number of likely N-dealkylation sites (tertiary alicyclic amines) is 1. The lowest BCUT2D eigenvalue weighted by Crippen LogP contribution is -2.27. The number of halogens is 1. The first-order chi connectivity index (χ1) is 8.56. The molecule has 0 radical (unpaired) electrons. The molecule has 1 aromatic rings. The quantitative estimate of drug-likeness (QED) is 0.906. The molecule has 1 aliphatic heterocycles. The number of aliphatic hydroxyl groups is 1. The van der Waals surface area contributed by atoms with Crippen molar-refractivity contribution in [1.82, 2.24) is 4.90 Å². The average molecular weight is 268 g/mol. The van der Waals surface area contributed by atoms with Crippen LogP contribution in [0, 0.1) is 5.92 Å². The average Bonchev–Trinajstić information content (AvgIpc) is 2.77. The Kier molecular flexibility index (Phi) is 4.66. The summed E-state index contributed by atoms with van der Waals surface area (Å²) >= 11 is 6.02. The van der Waals surface area contributed by atoms with Crippen LogP contribution in [0.25, 0.3) is 0 Å². The van der Waals surface area contributed by atoms with E-state index in [4.69, 9.17) is 11.6 Å². The Morgan fingerprint density at radius 3 is 2.83 bits per heavy atom. The summed E-state index contributed by atoms with van der Waals surface area (Å²) in [6.07, 6.45) is 0.927. The molecule has 1 aliphatic rings. The van der Waals surface area contributed by atoms with Gasteiger partial charge in [0.1, 0.15) is 0 Å². The molecule has 0 aliphatic carbocycles. The first kappa shape index (κ1) is 13.9. The fraction of sp³-hybridized carbons (Fsp3) is 0.600. The van der Waals surface area contributed by atoms with Crippen molar-refractivity contribution in [1.29, 1.82) is 0 Å². The summed E-state index contributed by atoms with van der Waals surface area (Å²) in [5.74, 6) is 0.924. The van der Waals surface area contributed by atoms with E-state index in [1.165, 1.54) is 5.56 Å². The molecule has 1 aromatic carbocycles. The van der Waals surface area contributed by atoms with Gasteiger partial charge < -0.3 is 10.0 Å². The van der Waals surface area contributed by atoms with E-state index in [1.807, 2.05) is 19.1 Å². The third-order valence-electron chi connectivity index (χ3n) is 3.94. The summed E-state index contributed by atoms with van der Waals surface area (Å²) in [5, 5.41) is 10.4. The summed E-state index contributed by atoms with van der Waals surface area (Å²) in [7, 11) is 0. The molecule has 1 heterocycles. The maximum atomic E-state index is 9.61. The fourth-order valence-corrected chi connectivity index (χ4v) is 2.93. The molecule has 0 aromatic heterocycles. The summed E-state index contributed by atoms with van der Waals surface area (Å²) in [5.41, 5.74) is 1.29. The first-order valence-corrected chi connectivity index (χ1v) is 7.10. The van der Waals surface area contributed by atoms with Crippen molar-refractivity contribution >= 4 is 11.6 Å². The molecule has 18 heavy (non-hydrogen) atoms. The lowest BCUT2D eigenvalue weighted by atomic mass is 10.0. The minimum atomic E-state index is -0.184. The zero-order valence-corrected chi connectivity index (χ0v) is 11.9. The highest BCUT2D eigenvalue weighted by molar-refractivity contribution is 6.30. The van der Waals surface area contributed by atoms with Crippen molar-refractivity contribution in [3.8, 4) is 0 Å². The van der Waals surface area contributed by atoms with Crippen LogP contribution in [0.3, 0.4) is 0 Å². The summed E-state index contributed by atoms with van der Waals surface area (Å²) in [4.78, 5) is 2.45. The molecule has 0 spiro atoms. The zero-order chi connectivity index (χ0) is 13.1. The molecule has 1 saturated heterocycles. The monoisotopic (exact) mass is 267 g/mol. The maximum absolute atomic E-state index is 9.61. The van der Waals surface area contributed by atoms with Gasteiger partial charge in [-0.2, -0.15) is 0 Å². The fourth-order valence-electron chi connectivity index (χ4n) is 2.73. The molecule has 1 N–H and O–H groups in total. The van der Waals surface area contributed by atoms with Gasteiger partial charge in [0, 0.05) is 18.1 Å². The minimum absolute atomic E-state index is 0.184. The van der Waals surface area contributed by atoms with E-state index in [2.05, 4.69) is 24.0 Å². The van der Waals surface area contributed by atoms with Crippen molar-refractivity contribution in [2.24, 2.45) is 5.92 Å². The van der Waals surface area contributed by atoms with E-state index in [1.54, 1.807) is 0 Å². The van der Waals surface area contributed by atoms with Gasteiger partial charge in [0.15, 0.2) is 0 Å². The molecule has 0 amide bonds. The molecule has 2 rings (SSSR count). The Hall–Kier alpha value is -0.570. The van der Waals surface area contributed by atoms with Crippen LogP contribution < -0.4 is 0 Å². The second-order valence-corrected chi connectivity index (χ2v) is 5.94. The van der Waals surface area contributed by atoms with Crippen LogP contribution in [0.4, 0.5) is 0 Å². The van der Waals surface area contributed by atoms with Crippen LogP contribution >= 0.6 is 11.6 Å². The lowest BCUT2D eigenvalue weighted by Gasteiger charge is -2.22. The highest BCUT2D eigenvalue weighted by Crippen LogP contribution is 2.25. The van der Waals surface area contributed by atoms with Gasteiger partial charge >= 0.3 is 0 Å². The molecule has 3 heteroatoms. The zero-order valence-electron chi connectivity index (χ0n) is 11.1. The third-order valence-corrected chi connectivity index (χ3v) is 4.18.